The van der Waals surface area contributed by atoms with E-state index in [9.17, 15) is 4.79 Å². The maximum Gasteiger partial charge on any atom is 0.179 e. The van der Waals surface area contributed by atoms with Gasteiger partial charge >= 0.3 is 0 Å². The number of hydrogen-bond donors (Lipinski definition) is 1. The molecule has 0 amide bonds. The van der Waals surface area contributed by atoms with Gasteiger partial charge in [0.05, 0.1) is 4.88 Å². The molecule has 5 heteroatoms. The first-order chi connectivity index (χ1) is 8.49. The molecule has 0 bridgehead atoms. The Labute approximate surface area is 121 Å². The van der Waals surface area contributed by atoms with Crippen molar-refractivity contribution in [3.63, 3.8) is 0 Å². The molecule has 2 rings (SSSR count). The topological polar surface area (TPSA) is 32.3 Å². The molecule has 3 nitrogen and oxygen atoms in total. The molecule has 0 unspecified atom stereocenters. The Hall–Kier alpha value is -0.230. The van der Waals surface area contributed by atoms with Crippen LogP contribution in [-0.4, -0.2) is 43.4 Å². The minimum absolute atomic E-state index is 0.247. The van der Waals surface area contributed by atoms with Crippen LogP contribution in [0.5, 0.6) is 0 Å². The molecular formula is C13H19BrN2OS. The van der Waals surface area contributed by atoms with E-state index in [1.807, 2.05) is 25.3 Å². The zero-order valence-corrected chi connectivity index (χ0v) is 13.2. The molecule has 100 valence electrons. The zero-order valence-electron chi connectivity index (χ0n) is 10.8. The number of carbonyl (C=O) groups is 1. The molecule has 0 aliphatic carbocycles. The molecular weight excluding hydrogens is 312 g/mol. The van der Waals surface area contributed by atoms with Crippen LogP contribution in [0.3, 0.4) is 0 Å². The van der Waals surface area contributed by atoms with Crippen molar-refractivity contribution < 1.29 is 4.79 Å². The maximum atomic E-state index is 12.5. The summed E-state index contributed by atoms with van der Waals surface area (Å²) in [7, 11) is 0. The third-order valence-corrected chi connectivity index (χ3v) is 4.92. The van der Waals surface area contributed by atoms with Gasteiger partial charge in [0.25, 0.3) is 0 Å². The van der Waals surface area contributed by atoms with E-state index in [1.54, 1.807) is 0 Å². The van der Waals surface area contributed by atoms with Gasteiger partial charge in [-0.05, 0) is 22.0 Å². The Morgan fingerprint density at radius 1 is 1.50 bits per heavy atom. The Morgan fingerprint density at radius 3 is 2.72 bits per heavy atom. The van der Waals surface area contributed by atoms with Crippen LogP contribution >= 0.6 is 27.3 Å². The number of piperazine rings is 1. The lowest BCUT2D eigenvalue weighted by atomic mass is 9.86. The fraction of sp³-hybridized carbons (Fsp3) is 0.615. The summed E-state index contributed by atoms with van der Waals surface area (Å²) in [6.07, 6.45) is 0. The second-order valence-corrected chi connectivity index (χ2v) is 7.20. The molecule has 1 aromatic rings. The summed E-state index contributed by atoms with van der Waals surface area (Å²) in [5, 5.41) is 5.30. The normalized spacial score (nSPS) is 17.9. The molecule has 2 heterocycles. The van der Waals surface area contributed by atoms with Crippen LogP contribution < -0.4 is 5.32 Å². The summed E-state index contributed by atoms with van der Waals surface area (Å²) in [4.78, 5) is 15.7. The van der Waals surface area contributed by atoms with Crippen molar-refractivity contribution in [3.8, 4) is 0 Å². The number of hydrogen-bond acceptors (Lipinski definition) is 4. The number of Topliss-reactive ketones (excluding diaryl/α,β-unsaturated/α-hetero) is 1. The van der Waals surface area contributed by atoms with Crippen LogP contribution in [0.4, 0.5) is 0 Å². The highest BCUT2D eigenvalue weighted by molar-refractivity contribution is 9.10. The average molecular weight is 331 g/mol. The van der Waals surface area contributed by atoms with E-state index in [2.05, 4.69) is 26.1 Å². The monoisotopic (exact) mass is 330 g/mol. The van der Waals surface area contributed by atoms with Crippen molar-refractivity contribution in [1.29, 1.82) is 0 Å². The SMILES string of the molecule is CC(C)(CN1CCNCC1)C(=O)c1cc(Br)cs1. The molecule has 0 spiro atoms. The van der Waals surface area contributed by atoms with Crippen molar-refractivity contribution in [2.75, 3.05) is 32.7 Å². The van der Waals surface area contributed by atoms with E-state index in [0.717, 1.165) is 42.1 Å². The van der Waals surface area contributed by atoms with Gasteiger partial charge in [-0.2, -0.15) is 0 Å². The molecule has 0 atom stereocenters. The van der Waals surface area contributed by atoms with Gasteiger partial charge in [0.2, 0.25) is 0 Å². The van der Waals surface area contributed by atoms with Gasteiger partial charge in [0.1, 0.15) is 0 Å². The van der Waals surface area contributed by atoms with Crippen LogP contribution in [0.1, 0.15) is 23.5 Å². The van der Waals surface area contributed by atoms with Crippen molar-refractivity contribution in [2.45, 2.75) is 13.8 Å². The van der Waals surface area contributed by atoms with Crippen LogP contribution in [0.25, 0.3) is 0 Å². The van der Waals surface area contributed by atoms with Gasteiger partial charge in [0, 0.05) is 48.0 Å². The highest BCUT2D eigenvalue weighted by atomic mass is 79.9. The highest BCUT2D eigenvalue weighted by Gasteiger charge is 2.32. The standard InChI is InChI=1S/C13H19BrN2OS/c1-13(2,9-16-5-3-15-4-6-16)12(17)11-7-10(14)8-18-11/h7-8,15H,3-6,9H2,1-2H3. The summed E-state index contributed by atoms with van der Waals surface area (Å²) in [5.41, 5.74) is -0.318. The zero-order chi connectivity index (χ0) is 13.2. The van der Waals surface area contributed by atoms with E-state index < -0.39 is 0 Å². The second kappa shape index (κ2) is 5.82. The maximum absolute atomic E-state index is 12.5. The van der Waals surface area contributed by atoms with E-state index in [0.29, 0.717) is 0 Å². The third-order valence-electron chi connectivity index (χ3n) is 3.23. The molecule has 1 N–H and O–H groups in total. The largest absolute Gasteiger partial charge is 0.314 e. The fourth-order valence-corrected chi connectivity index (χ4v) is 3.81. The van der Waals surface area contributed by atoms with Gasteiger partial charge in [0.15, 0.2) is 5.78 Å². The quantitative estimate of drug-likeness (QED) is 0.861. The number of nitrogens with zero attached hydrogens (tertiary/aromatic N) is 1. The van der Waals surface area contributed by atoms with E-state index in [4.69, 9.17) is 0 Å². The molecule has 0 saturated carbocycles. The summed E-state index contributed by atoms with van der Waals surface area (Å²) in [6, 6.07) is 1.92. The van der Waals surface area contributed by atoms with Crippen molar-refractivity contribution in [1.82, 2.24) is 10.2 Å². The number of rotatable bonds is 4. The molecule has 0 aromatic carbocycles. The summed E-state index contributed by atoms with van der Waals surface area (Å²) in [5.74, 6) is 0.247. The van der Waals surface area contributed by atoms with Gasteiger partial charge in [-0.15, -0.1) is 11.3 Å². The highest BCUT2D eigenvalue weighted by Crippen LogP contribution is 2.29. The first kappa shape index (κ1) is 14.2. The van der Waals surface area contributed by atoms with Gasteiger partial charge < -0.3 is 5.32 Å². The molecule has 1 aromatic heterocycles. The van der Waals surface area contributed by atoms with E-state index in [-0.39, 0.29) is 11.2 Å². The number of carbonyl (C=O) groups excluding carboxylic acids is 1. The Bertz CT molecular complexity index is 424. The van der Waals surface area contributed by atoms with E-state index >= 15 is 0 Å². The minimum Gasteiger partial charge on any atom is -0.314 e. The molecule has 1 saturated heterocycles. The molecule has 1 aliphatic rings. The Morgan fingerprint density at radius 2 is 2.17 bits per heavy atom. The smallest absolute Gasteiger partial charge is 0.179 e. The van der Waals surface area contributed by atoms with Gasteiger partial charge in [-0.1, -0.05) is 13.8 Å². The average Bonchev–Trinajstić information content (AvgIpc) is 2.75. The van der Waals surface area contributed by atoms with Gasteiger partial charge in [-0.25, -0.2) is 0 Å². The van der Waals surface area contributed by atoms with Crippen LogP contribution in [-0.2, 0) is 0 Å². The number of nitrogens with one attached hydrogen (secondary N) is 1. The summed E-state index contributed by atoms with van der Waals surface area (Å²) < 4.78 is 0.994. The van der Waals surface area contributed by atoms with Crippen LogP contribution in [0.2, 0.25) is 0 Å². The first-order valence-electron chi connectivity index (χ1n) is 6.21. The second-order valence-electron chi connectivity index (χ2n) is 5.37. The molecule has 1 fully saturated rings. The number of halogens is 1. The van der Waals surface area contributed by atoms with Crippen molar-refractivity contribution >= 4 is 33.0 Å². The Kier molecular flexibility index (Phi) is 4.59. The van der Waals surface area contributed by atoms with E-state index in [1.165, 1.54) is 11.3 Å². The fourth-order valence-electron chi connectivity index (χ4n) is 2.27. The predicted octanol–water partition coefficient (Wildman–Crippen LogP) is 2.62. The predicted molar refractivity (Wildman–Crippen MR) is 79.4 cm³/mol. The lowest BCUT2D eigenvalue weighted by molar-refractivity contribution is 0.0756. The van der Waals surface area contributed by atoms with Gasteiger partial charge in [-0.3, -0.25) is 9.69 Å². The van der Waals surface area contributed by atoms with Crippen LogP contribution in [0, 0.1) is 5.41 Å². The van der Waals surface area contributed by atoms with Crippen molar-refractivity contribution in [3.05, 3.63) is 20.8 Å². The molecule has 0 radical (unpaired) electrons. The summed E-state index contributed by atoms with van der Waals surface area (Å²) >= 11 is 4.92. The molecule has 1 aliphatic heterocycles. The molecule has 18 heavy (non-hydrogen) atoms. The third kappa shape index (κ3) is 3.41. The summed E-state index contributed by atoms with van der Waals surface area (Å²) in [6.45, 7) is 9.04. The Balaban J connectivity index is 2.02. The number of ketones is 1. The van der Waals surface area contributed by atoms with Crippen molar-refractivity contribution in [2.24, 2.45) is 5.41 Å². The lowest BCUT2D eigenvalue weighted by Gasteiger charge is -2.34. The number of thiophene rings is 1. The lowest BCUT2D eigenvalue weighted by Crippen LogP contribution is -2.48. The minimum atomic E-state index is -0.318. The van der Waals surface area contributed by atoms with Crippen LogP contribution in [0.15, 0.2) is 15.9 Å². The first-order valence-corrected chi connectivity index (χ1v) is 7.88.